The van der Waals surface area contributed by atoms with E-state index < -0.39 is 0 Å². The molecule has 154 valence electrons. The Morgan fingerprint density at radius 2 is 2.04 bits per heavy atom. The molecule has 0 spiro atoms. The molecule has 1 aromatic rings. The van der Waals surface area contributed by atoms with E-state index in [4.69, 9.17) is 14.5 Å². The zero-order valence-corrected chi connectivity index (χ0v) is 19.6. The summed E-state index contributed by atoms with van der Waals surface area (Å²) in [5, 5.41) is 3.45. The Morgan fingerprint density at radius 3 is 2.67 bits per heavy atom. The Balaban J connectivity index is 0.00000364. The van der Waals surface area contributed by atoms with Gasteiger partial charge >= 0.3 is 0 Å². The average molecular weight is 489 g/mol. The molecular weight excluding hydrogens is 453 g/mol. The first-order valence-corrected chi connectivity index (χ1v) is 9.92. The molecule has 1 fully saturated rings. The molecule has 0 aliphatic carbocycles. The van der Waals surface area contributed by atoms with Crippen molar-refractivity contribution in [2.75, 3.05) is 46.5 Å². The number of guanidine groups is 1. The fourth-order valence-corrected chi connectivity index (χ4v) is 3.33. The Bertz CT molecular complexity index is 551. The first-order valence-electron chi connectivity index (χ1n) is 9.92. The summed E-state index contributed by atoms with van der Waals surface area (Å²) >= 11 is 0. The molecule has 2 atom stereocenters. The molecule has 1 heterocycles. The number of aliphatic imine (C=N–C) groups is 1. The van der Waals surface area contributed by atoms with E-state index in [1.165, 1.54) is 12.0 Å². The topological polar surface area (TPSA) is 46.1 Å². The van der Waals surface area contributed by atoms with Crippen LogP contribution in [0.4, 0.5) is 0 Å². The van der Waals surface area contributed by atoms with Gasteiger partial charge in [-0.05, 0) is 50.3 Å². The van der Waals surface area contributed by atoms with Gasteiger partial charge in [-0.25, -0.2) is 0 Å². The smallest absolute Gasteiger partial charge is 0.193 e. The van der Waals surface area contributed by atoms with Gasteiger partial charge in [0.25, 0.3) is 0 Å². The summed E-state index contributed by atoms with van der Waals surface area (Å²) < 4.78 is 10.8. The second-order valence-electron chi connectivity index (χ2n) is 6.96. The van der Waals surface area contributed by atoms with E-state index in [0.717, 1.165) is 57.5 Å². The van der Waals surface area contributed by atoms with Gasteiger partial charge in [-0.2, -0.15) is 0 Å². The van der Waals surface area contributed by atoms with Crippen LogP contribution >= 0.6 is 24.0 Å². The van der Waals surface area contributed by atoms with E-state index in [2.05, 4.69) is 43.1 Å². The summed E-state index contributed by atoms with van der Waals surface area (Å²) in [6.07, 6.45) is 2.23. The highest BCUT2D eigenvalue weighted by molar-refractivity contribution is 14.0. The fourth-order valence-electron chi connectivity index (χ4n) is 3.33. The minimum atomic E-state index is 0. The van der Waals surface area contributed by atoms with Crippen LogP contribution in [0.15, 0.2) is 29.3 Å². The van der Waals surface area contributed by atoms with E-state index in [1.807, 2.05) is 12.1 Å². The van der Waals surface area contributed by atoms with E-state index in [0.29, 0.717) is 11.8 Å². The number of methoxy groups -OCH3 is 1. The number of nitrogens with one attached hydrogen (secondary N) is 1. The van der Waals surface area contributed by atoms with Crippen molar-refractivity contribution in [2.24, 2.45) is 10.9 Å². The van der Waals surface area contributed by atoms with Crippen molar-refractivity contribution in [3.05, 3.63) is 29.8 Å². The lowest BCUT2D eigenvalue weighted by Crippen LogP contribution is -2.40. The number of hydrogen-bond acceptors (Lipinski definition) is 3. The number of nitrogens with zero attached hydrogens (tertiary/aromatic N) is 2. The number of benzene rings is 1. The fraction of sp³-hybridized carbons (Fsp3) is 0.667. The molecule has 1 aliphatic heterocycles. The van der Waals surface area contributed by atoms with Gasteiger partial charge < -0.3 is 19.7 Å². The summed E-state index contributed by atoms with van der Waals surface area (Å²) in [4.78, 5) is 7.26. The van der Waals surface area contributed by atoms with Crippen molar-refractivity contribution in [1.82, 2.24) is 10.2 Å². The first-order chi connectivity index (χ1) is 12.7. The number of hydrogen-bond donors (Lipinski definition) is 1. The standard InChI is InChI=1S/C21H35N3O2.HI/c1-5-22-21(24-14-12-18(15-24)16-26-6-2)23-13-11-17(3)19-7-9-20(25-4)10-8-19;/h7-10,17-18H,5-6,11-16H2,1-4H3,(H,22,23);1H. The molecule has 5 nitrogen and oxygen atoms in total. The Labute approximate surface area is 181 Å². The van der Waals surface area contributed by atoms with Crippen LogP contribution in [0, 0.1) is 5.92 Å². The molecular formula is C21H36IN3O2. The molecule has 2 unspecified atom stereocenters. The molecule has 0 saturated carbocycles. The van der Waals surface area contributed by atoms with Gasteiger partial charge in [0, 0.05) is 38.7 Å². The quantitative estimate of drug-likeness (QED) is 0.322. The van der Waals surface area contributed by atoms with Gasteiger partial charge in [0.15, 0.2) is 5.96 Å². The molecule has 1 aliphatic rings. The van der Waals surface area contributed by atoms with Gasteiger partial charge in [-0.15, -0.1) is 24.0 Å². The van der Waals surface area contributed by atoms with E-state index in [9.17, 15) is 0 Å². The number of likely N-dealkylation sites (tertiary alicyclic amines) is 1. The van der Waals surface area contributed by atoms with E-state index in [1.54, 1.807) is 7.11 Å². The number of halogens is 1. The van der Waals surface area contributed by atoms with E-state index >= 15 is 0 Å². The lowest BCUT2D eigenvalue weighted by Gasteiger charge is -2.22. The summed E-state index contributed by atoms with van der Waals surface area (Å²) in [7, 11) is 1.70. The second kappa shape index (κ2) is 13.2. The van der Waals surface area contributed by atoms with Crippen LogP contribution in [0.3, 0.4) is 0 Å². The molecule has 1 N–H and O–H groups in total. The molecule has 6 heteroatoms. The highest BCUT2D eigenvalue weighted by Crippen LogP contribution is 2.22. The molecule has 27 heavy (non-hydrogen) atoms. The van der Waals surface area contributed by atoms with Crippen LogP contribution in [0.25, 0.3) is 0 Å². The zero-order valence-electron chi connectivity index (χ0n) is 17.2. The minimum Gasteiger partial charge on any atom is -0.497 e. The molecule has 0 aromatic heterocycles. The maximum Gasteiger partial charge on any atom is 0.193 e. The lowest BCUT2D eigenvalue weighted by molar-refractivity contribution is 0.114. The molecule has 1 saturated heterocycles. The number of ether oxygens (including phenoxy) is 2. The van der Waals surface area contributed by atoms with Crippen LogP contribution < -0.4 is 10.1 Å². The molecule has 0 amide bonds. The van der Waals surface area contributed by atoms with Crippen molar-refractivity contribution in [2.45, 2.75) is 39.5 Å². The molecule has 0 bridgehead atoms. The third-order valence-electron chi connectivity index (χ3n) is 4.99. The predicted octanol–water partition coefficient (Wildman–Crippen LogP) is 4.13. The monoisotopic (exact) mass is 489 g/mol. The lowest BCUT2D eigenvalue weighted by atomic mass is 9.98. The predicted molar refractivity (Wildman–Crippen MR) is 124 cm³/mol. The summed E-state index contributed by atoms with van der Waals surface area (Å²) in [6, 6.07) is 8.36. The second-order valence-corrected chi connectivity index (χ2v) is 6.96. The molecule has 1 aromatic carbocycles. The van der Waals surface area contributed by atoms with Crippen LogP contribution in [-0.2, 0) is 4.74 Å². The van der Waals surface area contributed by atoms with Crippen LogP contribution in [0.5, 0.6) is 5.75 Å². The van der Waals surface area contributed by atoms with E-state index in [-0.39, 0.29) is 24.0 Å². The Morgan fingerprint density at radius 1 is 1.30 bits per heavy atom. The summed E-state index contributed by atoms with van der Waals surface area (Å²) in [6.45, 7) is 12.0. The highest BCUT2D eigenvalue weighted by atomic mass is 127. The highest BCUT2D eigenvalue weighted by Gasteiger charge is 2.24. The normalized spacial score (nSPS) is 18.1. The largest absolute Gasteiger partial charge is 0.497 e. The van der Waals surface area contributed by atoms with Gasteiger partial charge in [0.2, 0.25) is 0 Å². The van der Waals surface area contributed by atoms with Crippen molar-refractivity contribution < 1.29 is 9.47 Å². The molecule has 2 rings (SSSR count). The van der Waals surface area contributed by atoms with Gasteiger partial charge in [-0.1, -0.05) is 19.1 Å². The van der Waals surface area contributed by atoms with Gasteiger partial charge in [-0.3, -0.25) is 4.99 Å². The van der Waals surface area contributed by atoms with Crippen molar-refractivity contribution >= 4 is 29.9 Å². The third kappa shape index (κ3) is 7.86. The third-order valence-corrected chi connectivity index (χ3v) is 4.99. The maximum absolute atomic E-state index is 5.59. The van der Waals surface area contributed by atoms with Gasteiger partial charge in [0.1, 0.15) is 5.75 Å². The molecule has 0 radical (unpaired) electrons. The zero-order chi connectivity index (χ0) is 18.8. The SMILES string of the molecule is CCNC(=NCCC(C)c1ccc(OC)cc1)N1CCC(COCC)C1.I. The average Bonchev–Trinajstić information content (AvgIpc) is 3.14. The van der Waals surface area contributed by atoms with Crippen molar-refractivity contribution in [3.8, 4) is 5.75 Å². The van der Waals surface area contributed by atoms with Gasteiger partial charge in [0.05, 0.1) is 13.7 Å². The minimum absolute atomic E-state index is 0. The summed E-state index contributed by atoms with van der Waals surface area (Å²) in [5.74, 6) is 3.06. The maximum atomic E-state index is 5.59. The Kier molecular flexibility index (Phi) is 11.7. The Hall–Kier alpha value is -1.02. The van der Waals surface area contributed by atoms with Crippen LogP contribution in [0.1, 0.15) is 45.1 Å². The van der Waals surface area contributed by atoms with Crippen LogP contribution in [-0.4, -0.2) is 57.4 Å². The first kappa shape index (κ1) is 24.0. The van der Waals surface area contributed by atoms with Crippen molar-refractivity contribution in [3.63, 3.8) is 0 Å². The van der Waals surface area contributed by atoms with Crippen molar-refractivity contribution in [1.29, 1.82) is 0 Å². The summed E-state index contributed by atoms with van der Waals surface area (Å²) in [5.41, 5.74) is 1.34. The van der Waals surface area contributed by atoms with Crippen LogP contribution in [0.2, 0.25) is 0 Å². The number of rotatable bonds is 9.